The van der Waals surface area contributed by atoms with Crippen LogP contribution in [0.15, 0.2) is 87.8 Å². The average molecular weight is 616 g/mol. The first kappa shape index (κ1) is 30.3. The number of rotatable bonds is 9. The predicted octanol–water partition coefficient (Wildman–Crippen LogP) is 5.65. The molecule has 1 atom stereocenters. The molecule has 0 spiro atoms. The summed E-state index contributed by atoms with van der Waals surface area (Å²) >= 11 is 7.49. The van der Waals surface area contributed by atoms with Gasteiger partial charge in [0.25, 0.3) is 11.5 Å². The quantitative estimate of drug-likeness (QED) is 0.244. The molecule has 0 saturated carbocycles. The van der Waals surface area contributed by atoms with Gasteiger partial charge >= 0.3 is 0 Å². The highest BCUT2D eigenvalue weighted by Gasteiger charge is 2.34. The van der Waals surface area contributed by atoms with Crippen LogP contribution in [-0.2, 0) is 11.4 Å². The van der Waals surface area contributed by atoms with Crippen LogP contribution in [0.5, 0.6) is 11.5 Å². The van der Waals surface area contributed by atoms with Crippen molar-refractivity contribution in [2.24, 2.45) is 4.99 Å². The van der Waals surface area contributed by atoms with Crippen molar-refractivity contribution in [3.8, 4) is 11.5 Å². The second-order valence-corrected chi connectivity index (χ2v) is 11.7. The molecule has 0 fully saturated rings. The van der Waals surface area contributed by atoms with Gasteiger partial charge in [-0.3, -0.25) is 14.2 Å². The van der Waals surface area contributed by atoms with Crippen LogP contribution < -0.4 is 24.4 Å². The number of hydrogen-bond donors (Lipinski definition) is 0. The summed E-state index contributed by atoms with van der Waals surface area (Å²) in [5, 5.41) is 0.578. The first-order valence-electron chi connectivity index (χ1n) is 14.2. The normalized spacial score (nSPS) is 14.7. The molecule has 1 amide bonds. The highest BCUT2D eigenvalue weighted by Crippen LogP contribution is 2.32. The van der Waals surface area contributed by atoms with Crippen LogP contribution in [0.2, 0.25) is 5.02 Å². The van der Waals surface area contributed by atoms with E-state index in [-0.39, 0.29) is 11.5 Å². The van der Waals surface area contributed by atoms with Crippen LogP contribution in [0.25, 0.3) is 6.08 Å². The van der Waals surface area contributed by atoms with Crippen molar-refractivity contribution in [2.45, 2.75) is 40.3 Å². The number of aryl methyl sites for hydroxylation is 1. The van der Waals surface area contributed by atoms with E-state index >= 15 is 0 Å². The maximum atomic E-state index is 14.0. The smallest absolute Gasteiger partial charge is 0.271 e. The molecular weight excluding hydrogens is 582 g/mol. The number of carbonyl (C=O) groups excluding carboxylic acids is 1. The zero-order valence-electron chi connectivity index (χ0n) is 24.9. The number of halogens is 1. The number of aromatic nitrogens is 1. The van der Waals surface area contributed by atoms with E-state index in [1.165, 1.54) is 16.9 Å². The second-order valence-electron chi connectivity index (χ2n) is 10.3. The van der Waals surface area contributed by atoms with Gasteiger partial charge in [0.1, 0.15) is 6.61 Å². The summed E-state index contributed by atoms with van der Waals surface area (Å²) in [6.45, 7) is 9.28. The van der Waals surface area contributed by atoms with Gasteiger partial charge < -0.3 is 14.4 Å². The number of hydrogen-bond acceptors (Lipinski definition) is 6. The third-order valence-electron chi connectivity index (χ3n) is 7.49. The molecule has 0 aliphatic carbocycles. The van der Waals surface area contributed by atoms with Gasteiger partial charge in [-0.1, -0.05) is 71.0 Å². The third-order valence-corrected chi connectivity index (χ3v) is 8.72. The van der Waals surface area contributed by atoms with Gasteiger partial charge in [0.15, 0.2) is 16.3 Å². The minimum Gasteiger partial charge on any atom is -0.493 e. The van der Waals surface area contributed by atoms with Crippen molar-refractivity contribution in [1.29, 1.82) is 0 Å². The number of benzene rings is 3. The number of ether oxygens (including phenoxy) is 2. The third kappa shape index (κ3) is 6.31. The molecular formula is C34H34ClN3O4S. The molecule has 2 heterocycles. The lowest BCUT2D eigenvalue weighted by Crippen LogP contribution is -2.43. The van der Waals surface area contributed by atoms with Gasteiger partial charge in [-0.25, -0.2) is 4.99 Å². The lowest BCUT2D eigenvalue weighted by Gasteiger charge is -2.29. The van der Waals surface area contributed by atoms with E-state index in [2.05, 4.69) is 12.1 Å². The summed E-state index contributed by atoms with van der Waals surface area (Å²) in [5.41, 5.74) is 4.68. The van der Waals surface area contributed by atoms with Crippen molar-refractivity contribution in [3.05, 3.63) is 125 Å². The Morgan fingerprint density at radius 3 is 2.37 bits per heavy atom. The Labute approximate surface area is 260 Å². The lowest BCUT2D eigenvalue weighted by molar-refractivity contribution is -0.127. The van der Waals surface area contributed by atoms with Crippen LogP contribution in [0.4, 0.5) is 0 Å². The van der Waals surface area contributed by atoms with E-state index in [0.717, 1.165) is 16.7 Å². The molecule has 0 unspecified atom stereocenters. The van der Waals surface area contributed by atoms with Gasteiger partial charge in [0.05, 0.1) is 29.0 Å². The predicted molar refractivity (Wildman–Crippen MR) is 172 cm³/mol. The van der Waals surface area contributed by atoms with Crippen molar-refractivity contribution in [1.82, 2.24) is 9.47 Å². The molecule has 43 heavy (non-hydrogen) atoms. The molecule has 5 rings (SSSR count). The fraction of sp³-hybridized carbons (Fsp3) is 0.265. The fourth-order valence-corrected chi connectivity index (χ4v) is 6.30. The zero-order valence-corrected chi connectivity index (χ0v) is 26.5. The van der Waals surface area contributed by atoms with Crippen LogP contribution in [0, 0.1) is 6.92 Å². The van der Waals surface area contributed by atoms with Gasteiger partial charge in [0, 0.05) is 18.1 Å². The van der Waals surface area contributed by atoms with Crippen LogP contribution in [0.3, 0.4) is 0 Å². The Kier molecular flexibility index (Phi) is 9.18. The summed E-state index contributed by atoms with van der Waals surface area (Å²) in [4.78, 5) is 34.8. The Morgan fingerprint density at radius 2 is 1.72 bits per heavy atom. The summed E-state index contributed by atoms with van der Waals surface area (Å²) in [6.07, 6.45) is 1.82. The molecule has 0 radical (unpaired) electrons. The van der Waals surface area contributed by atoms with Crippen molar-refractivity contribution < 1.29 is 14.3 Å². The molecule has 3 aromatic carbocycles. The number of thiazole rings is 1. The van der Waals surface area contributed by atoms with Crippen LogP contribution >= 0.6 is 22.9 Å². The van der Waals surface area contributed by atoms with Gasteiger partial charge in [-0.15, -0.1) is 0 Å². The highest BCUT2D eigenvalue weighted by atomic mass is 35.5. The average Bonchev–Trinajstić information content (AvgIpc) is 3.31. The standard InChI is InChI=1S/C34H34ClN3O4S/c1-6-37(7-2)33(40)30-22(4)36-34-38(31(30)25-13-15-26(35)16-14-25)32(39)29(43-34)19-24-12-17-27(28(18-24)41-5)42-20-23-10-8-21(3)9-11-23/h8-19,31H,6-7,20H2,1-5H3/b29-19+/t31-/m1/s1. The zero-order chi connectivity index (χ0) is 30.7. The Morgan fingerprint density at radius 1 is 1.02 bits per heavy atom. The SMILES string of the molecule is CCN(CC)C(=O)C1=C(C)N=c2s/c(=C/c3ccc(OCc4ccc(C)cc4)c(OC)c3)c(=O)n2[C@@H]1c1ccc(Cl)cc1. The van der Waals surface area contributed by atoms with Crippen molar-refractivity contribution in [3.63, 3.8) is 0 Å². The van der Waals surface area contributed by atoms with Gasteiger partial charge in [0.2, 0.25) is 0 Å². The van der Waals surface area contributed by atoms with Crippen LogP contribution in [0.1, 0.15) is 49.1 Å². The monoisotopic (exact) mass is 615 g/mol. The number of nitrogens with zero attached hydrogens (tertiary/aromatic N) is 3. The van der Waals surface area contributed by atoms with E-state index in [1.54, 1.807) is 28.7 Å². The maximum Gasteiger partial charge on any atom is 0.271 e. The van der Waals surface area contributed by atoms with E-state index in [4.69, 9.17) is 26.1 Å². The molecule has 0 bridgehead atoms. The Balaban J connectivity index is 1.55. The molecule has 0 saturated heterocycles. The number of methoxy groups -OCH3 is 1. The molecule has 4 aromatic rings. The Bertz CT molecular complexity index is 1850. The van der Waals surface area contributed by atoms with E-state index in [0.29, 0.717) is 56.8 Å². The first-order valence-corrected chi connectivity index (χ1v) is 15.4. The number of fused-ring (bicyclic) bond motifs is 1. The molecule has 1 aliphatic rings. The van der Waals surface area contributed by atoms with Gasteiger partial charge in [-0.2, -0.15) is 0 Å². The highest BCUT2D eigenvalue weighted by molar-refractivity contribution is 7.07. The minimum absolute atomic E-state index is 0.133. The molecule has 9 heteroatoms. The van der Waals surface area contributed by atoms with Crippen molar-refractivity contribution >= 4 is 34.9 Å². The topological polar surface area (TPSA) is 73.1 Å². The summed E-state index contributed by atoms with van der Waals surface area (Å²) in [5.74, 6) is 1.04. The second kappa shape index (κ2) is 13.0. The molecule has 1 aromatic heterocycles. The maximum absolute atomic E-state index is 14.0. The molecule has 7 nitrogen and oxygen atoms in total. The lowest BCUT2D eigenvalue weighted by atomic mass is 9.94. The first-order chi connectivity index (χ1) is 20.7. The van der Waals surface area contributed by atoms with E-state index < -0.39 is 6.04 Å². The molecule has 0 N–H and O–H groups in total. The molecule has 222 valence electrons. The van der Waals surface area contributed by atoms with Gasteiger partial charge in [-0.05, 0) is 74.7 Å². The number of amides is 1. The number of carbonyl (C=O) groups is 1. The summed E-state index contributed by atoms with van der Waals surface area (Å²) < 4.78 is 13.8. The van der Waals surface area contributed by atoms with Crippen molar-refractivity contribution in [2.75, 3.05) is 20.2 Å². The number of likely N-dealkylation sites (N-methyl/N-ethyl adjacent to an activating group) is 1. The largest absolute Gasteiger partial charge is 0.493 e. The summed E-state index contributed by atoms with van der Waals surface area (Å²) in [7, 11) is 1.59. The minimum atomic E-state index is -0.629. The summed E-state index contributed by atoms with van der Waals surface area (Å²) in [6, 6.07) is 20.4. The fourth-order valence-electron chi connectivity index (χ4n) is 5.13. The molecule has 1 aliphatic heterocycles. The van der Waals surface area contributed by atoms with E-state index in [9.17, 15) is 9.59 Å². The number of allylic oxidation sites excluding steroid dienone is 1. The van der Waals surface area contributed by atoms with E-state index in [1.807, 2.05) is 76.2 Å². The Hall–Kier alpha value is -4.14. The van der Waals surface area contributed by atoms with Crippen LogP contribution in [-0.4, -0.2) is 35.6 Å².